The summed E-state index contributed by atoms with van der Waals surface area (Å²) in [5.74, 6) is -0.0376. The highest BCUT2D eigenvalue weighted by Gasteiger charge is 2.15. The van der Waals surface area contributed by atoms with Gasteiger partial charge in [-0.05, 0) is 30.9 Å². The molecule has 3 N–H and O–H groups in total. The summed E-state index contributed by atoms with van der Waals surface area (Å²) in [4.78, 5) is 23.6. The van der Waals surface area contributed by atoms with Gasteiger partial charge in [-0.15, -0.1) is 0 Å². The van der Waals surface area contributed by atoms with E-state index in [1.807, 2.05) is 18.2 Å². The average molecular weight is 352 g/mol. The van der Waals surface area contributed by atoms with Crippen LogP contribution in [0.5, 0.6) is 0 Å². The Hall–Kier alpha value is -1.75. The van der Waals surface area contributed by atoms with Crippen LogP contribution in [0, 0.1) is 0 Å². The number of carbonyl (C=O) groups is 2. The molecule has 3 amide bonds. The molecule has 5 nitrogen and oxygen atoms in total. The van der Waals surface area contributed by atoms with Gasteiger partial charge in [-0.1, -0.05) is 49.1 Å². The molecule has 0 spiro atoms. The minimum atomic E-state index is -0.127. The van der Waals surface area contributed by atoms with Gasteiger partial charge in [0.1, 0.15) is 0 Å². The van der Waals surface area contributed by atoms with E-state index in [1.165, 1.54) is 19.3 Å². The minimum Gasteiger partial charge on any atom is -0.352 e. The first kappa shape index (κ1) is 18.6. The Morgan fingerprint density at radius 1 is 1.08 bits per heavy atom. The molecule has 0 unspecified atom stereocenters. The third-order valence-corrected chi connectivity index (χ3v) is 4.61. The van der Waals surface area contributed by atoms with Crippen LogP contribution in [0.2, 0.25) is 5.02 Å². The summed E-state index contributed by atoms with van der Waals surface area (Å²) >= 11 is 6.04. The number of carbonyl (C=O) groups excluding carboxylic acids is 2. The number of nitrogens with one attached hydrogen (secondary N) is 3. The highest BCUT2D eigenvalue weighted by Crippen LogP contribution is 2.17. The fourth-order valence-electron chi connectivity index (χ4n) is 2.86. The van der Waals surface area contributed by atoms with Gasteiger partial charge in [0.25, 0.3) is 0 Å². The minimum absolute atomic E-state index is 0.0376. The van der Waals surface area contributed by atoms with Gasteiger partial charge in [0.05, 0.1) is 0 Å². The van der Waals surface area contributed by atoms with Crippen LogP contribution in [0.3, 0.4) is 0 Å². The monoisotopic (exact) mass is 351 g/mol. The first-order valence-corrected chi connectivity index (χ1v) is 9.07. The van der Waals surface area contributed by atoms with Crippen LogP contribution in [-0.4, -0.2) is 24.5 Å². The Morgan fingerprint density at radius 2 is 1.83 bits per heavy atom. The van der Waals surface area contributed by atoms with E-state index < -0.39 is 0 Å². The molecule has 0 aromatic heterocycles. The molecule has 0 saturated heterocycles. The molecule has 2 rings (SSSR count). The standard InChI is InChI=1S/C18H26ClN3O2/c19-16-10-5-4-7-14(16)13-21-17(23)11-6-12-20-18(24)22-15-8-2-1-3-9-15/h4-5,7,10,15H,1-3,6,8-9,11-13H2,(H,21,23)(H2,20,22,24). The SMILES string of the molecule is O=C(CCCNC(=O)NC1CCCCC1)NCc1ccccc1Cl. The van der Waals surface area contributed by atoms with Crippen molar-refractivity contribution in [2.24, 2.45) is 0 Å². The normalized spacial score (nSPS) is 14.9. The predicted molar refractivity (Wildman–Crippen MR) is 95.9 cm³/mol. The topological polar surface area (TPSA) is 70.2 Å². The second kappa shape index (κ2) is 10.2. The summed E-state index contributed by atoms with van der Waals surface area (Å²) in [5.41, 5.74) is 0.900. The third kappa shape index (κ3) is 6.79. The zero-order chi connectivity index (χ0) is 17.2. The number of hydrogen-bond acceptors (Lipinski definition) is 2. The molecule has 1 aromatic carbocycles. The van der Waals surface area contributed by atoms with E-state index in [2.05, 4.69) is 16.0 Å². The maximum Gasteiger partial charge on any atom is 0.315 e. The summed E-state index contributed by atoms with van der Waals surface area (Å²) in [6, 6.07) is 7.62. The zero-order valence-corrected chi connectivity index (χ0v) is 14.7. The van der Waals surface area contributed by atoms with Crippen molar-refractivity contribution in [2.45, 2.75) is 57.5 Å². The molecule has 1 aliphatic rings. The first-order chi connectivity index (χ1) is 11.6. The van der Waals surface area contributed by atoms with E-state index in [0.717, 1.165) is 18.4 Å². The van der Waals surface area contributed by atoms with Crippen molar-refractivity contribution in [1.29, 1.82) is 0 Å². The predicted octanol–water partition coefficient (Wildman–Crippen LogP) is 3.37. The van der Waals surface area contributed by atoms with E-state index in [9.17, 15) is 9.59 Å². The smallest absolute Gasteiger partial charge is 0.315 e. The van der Waals surface area contributed by atoms with Crippen LogP contribution in [0.25, 0.3) is 0 Å². The van der Waals surface area contributed by atoms with Gasteiger partial charge in [0.15, 0.2) is 0 Å². The largest absolute Gasteiger partial charge is 0.352 e. The number of benzene rings is 1. The van der Waals surface area contributed by atoms with Gasteiger partial charge in [-0.3, -0.25) is 4.79 Å². The molecule has 6 heteroatoms. The highest BCUT2D eigenvalue weighted by molar-refractivity contribution is 6.31. The summed E-state index contributed by atoms with van der Waals surface area (Å²) in [7, 11) is 0. The molecule has 0 radical (unpaired) electrons. The first-order valence-electron chi connectivity index (χ1n) is 8.69. The Morgan fingerprint density at radius 3 is 2.58 bits per heavy atom. The third-order valence-electron chi connectivity index (χ3n) is 4.24. The van der Waals surface area contributed by atoms with Crippen molar-refractivity contribution in [3.8, 4) is 0 Å². The lowest BCUT2D eigenvalue weighted by atomic mass is 9.96. The summed E-state index contributed by atoms with van der Waals surface area (Å²) in [6.07, 6.45) is 6.78. The molecular formula is C18H26ClN3O2. The maximum absolute atomic E-state index is 11.8. The van der Waals surface area contributed by atoms with Gasteiger partial charge < -0.3 is 16.0 Å². The molecule has 1 aromatic rings. The van der Waals surface area contributed by atoms with Crippen LogP contribution in [0.1, 0.15) is 50.5 Å². The van der Waals surface area contributed by atoms with Gasteiger partial charge in [-0.2, -0.15) is 0 Å². The Bertz CT molecular complexity index is 545. The zero-order valence-electron chi connectivity index (χ0n) is 13.9. The lowest BCUT2D eigenvalue weighted by Gasteiger charge is -2.22. The molecule has 1 aliphatic carbocycles. The van der Waals surface area contributed by atoms with Crippen molar-refractivity contribution < 1.29 is 9.59 Å². The molecule has 0 atom stereocenters. The number of rotatable bonds is 7. The number of amides is 3. The molecule has 1 fully saturated rings. The van der Waals surface area contributed by atoms with Crippen molar-refractivity contribution >= 4 is 23.5 Å². The molecule has 0 heterocycles. The lowest BCUT2D eigenvalue weighted by Crippen LogP contribution is -2.43. The maximum atomic E-state index is 11.8. The van der Waals surface area contributed by atoms with Crippen molar-refractivity contribution in [3.05, 3.63) is 34.9 Å². The molecule has 1 saturated carbocycles. The van der Waals surface area contributed by atoms with Crippen LogP contribution in [-0.2, 0) is 11.3 Å². The molecule has 0 bridgehead atoms. The fraction of sp³-hybridized carbons (Fsp3) is 0.556. The summed E-state index contributed by atoms with van der Waals surface area (Å²) in [5, 5.41) is 9.31. The fourth-order valence-corrected chi connectivity index (χ4v) is 3.06. The van der Waals surface area contributed by atoms with Crippen LogP contribution in [0.15, 0.2) is 24.3 Å². The Kier molecular flexibility index (Phi) is 7.89. The second-order valence-corrected chi connectivity index (χ2v) is 6.61. The molecule has 0 aliphatic heterocycles. The lowest BCUT2D eigenvalue weighted by molar-refractivity contribution is -0.121. The van der Waals surface area contributed by atoms with Crippen LogP contribution in [0.4, 0.5) is 4.79 Å². The van der Waals surface area contributed by atoms with Gasteiger partial charge in [0.2, 0.25) is 5.91 Å². The second-order valence-electron chi connectivity index (χ2n) is 6.21. The van der Waals surface area contributed by atoms with Crippen LogP contribution < -0.4 is 16.0 Å². The van der Waals surface area contributed by atoms with E-state index in [-0.39, 0.29) is 11.9 Å². The summed E-state index contributed by atoms with van der Waals surface area (Å²) < 4.78 is 0. The number of halogens is 1. The van der Waals surface area contributed by atoms with E-state index in [0.29, 0.717) is 37.0 Å². The number of hydrogen-bond donors (Lipinski definition) is 3. The number of urea groups is 1. The van der Waals surface area contributed by atoms with E-state index in [1.54, 1.807) is 6.07 Å². The molecule has 24 heavy (non-hydrogen) atoms. The van der Waals surface area contributed by atoms with E-state index in [4.69, 9.17) is 11.6 Å². The van der Waals surface area contributed by atoms with Gasteiger partial charge in [0, 0.05) is 30.6 Å². The van der Waals surface area contributed by atoms with E-state index >= 15 is 0 Å². The van der Waals surface area contributed by atoms with Gasteiger partial charge in [-0.25, -0.2) is 4.79 Å². The Balaban J connectivity index is 1.54. The average Bonchev–Trinajstić information content (AvgIpc) is 2.59. The quantitative estimate of drug-likeness (QED) is 0.659. The van der Waals surface area contributed by atoms with Crippen LogP contribution >= 0.6 is 11.6 Å². The van der Waals surface area contributed by atoms with Crippen molar-refractivity contribution in [3.63, 3.8) is 0 Å². The molecular weight excluding hydrogens is 326 g/mol. The highest BCUT2D eigenvalue weighted by atomic mass is 35.5. The van der Waals surface area contributed by atoms with Crippen molar-refractivity contribution in [1.82, 2.24) is 16.0 Å². The Labute approximate surface area is 148 Å². The van der Waals surface area contributed by atoms with Crippen molar-refractivity contribution in [2.75, 3.05) is 6.54 Å². The summed E-state index contributed by atoms with van der Waals surface area (Å²) in [6.45, 7) is 0.923. The van der Waals surface area contributed by atoms with Gasteiger partial charge >= 0.3 is 6.03 Å². The molecule has 132 valence electrons.